The normalized spacial score (nSPS) is 15.3. The van der Waals surface area contributed by atoms with Crippen LogP contribution in [-0.4, -0.2) is 60.4 Å². The molecule has 0 aliphatic carbocycles. The fraction of sp³-hybridized carbons (Fsp3) is 0.500. The summed E-state index contributed by atoms with van der Waals surface area (Å²) in [6, 6.07) is 10.2. The molecule has 1 aromatic heterocycles. The van der Waals surface area contributed by atoms with Crippen LogP contribution in [0.4, 0.5) is 5.69 Å². The summed E-state index contributed by atoms with van der Waals surface area (Å²) in [5, 5.41) is 8.82. The van der Waals surface area contributed by atoms with Crippen LogP contribution in [0.2, 0.25) is 5.02 Å². The number of nitrogens with one attached hydrogen (secondary N) is 1. The fourth-order valence-corrected chi connectivity index (χ4v) is 3.79. The number of hydrogen-bond donors (Lipinski definition) is 1. The minimum atomic E-state index is 0.817. The maximum Gasteiger partial charge on any atom is 0.193 e. The molecule has 0 amide bonds. The third-order valence-electron chi connectivity index (χ3n) is 4.92. The van der Waals surface area contributed by atoms with Gasteiger partial charge in [-0.15, -0.1) is 0 Å². The van der Waals surface area contributed by atoms with Crippen molar-refractivity contribution in [1.29, 1.82) is 0 Å². The third kappa shape index (κ3) is 4.95. The second-order valence-corrected chi connectivity index (χ2v) is 7.31. The molecule has 146 valence electrons. The molecule has 2 aromatic rings. The van der Waals surface area contributed by atoms with E-state index < -0.39 is 0 Å². The Bertz CT molecular complexity index is 777. The van der Waals surface area contributed by atoms with E-state index in [1.54, 1.807) is 0 Å². The third-order valence-corrected chi connectivity index (χ3v) is 5.24. The minimum absolute atomic E-state index is 0.817. The van der Waals surface area contributed by atoms with Crippen LogP contribution < -0.4 is 10.2 Å². The Hall–Kier alpha value is -2.21. The van der Waals surface area contributed by atoms with Gasteiger partial charge in [0.15, 0.2) is 5.96 Å². The number of aromatic nitrogens is 2. The Kier molecular flexibility index (Phi) is 6.61. The molecule has 1 aliphatic rings. The topological polar surface area (TPSA) is 48.7 Å². The summed E-state index contributed by atoms with van der Waals surface area (Å²) in [5.41, 5.74) is 3.41. The monoisotopic (exact) mass is 388 g/mol. The summed E-state index contributed by atoms with van der Waals surface area (Å²) in [6.07, 6.45) is 1.01. The number of anilines is 1. The van der Waals surface area contributed by atoms with Crippen molar-refractivity contribution in [1.82, 2.24) is 20.0 Å². The van der Waals surface area contributed by atoms with Gasteiger partial charge >= 0.3 is 0 Å². The average Bonchev–Trinajstić information content (AvgIpc) is 3.00. The van der Waals surface area contributed by atoms with E-state index in [2.05, 4.69) is 48.9 Å². The van der Waals surface area contributed by atoms with Gasteiger partial charge in [0.2, 0.25) is 0 Å². The molecule has 1 saturated heterocycles. The van der Waals surface area contributed by atoms with Crippen molar-refractivity contribution in [2.75, 3.05) is 44.7 Å². The maximum atomic E-state index is 6.33. The van der Waals surface area contributed by atoms with Gasteiger partial charge in [0.25, 0.3) is 0 Å². The quantitative estimate of drug-likeness (QED) is 0.486. The van der Waals surface area contributed by atoms with Crippen molar-refractivity contribution in [2.24, 2.45) is 4.99 Å². The van der Waals surface area contributed by atoms with E-state index in [0.717, 1.165) is 68.1 Å². The van der Waals surface area contributed by atoms with Crippen LogP contribution in [0.25, 0.3) is 0 Å². The van der Waals surface area contributed by atoms with Gasteiger partial charge in [0.05, 0.1) is 16.4 Å². The number of benzene rings is 1. The highest BCUT2D eigenvalue weighted by molar-refractivity contribution is 6.33. The van der Waals surface area contributed by atoms with Crippen molar-refractivity contribution in [2.45, 2.75) is 26.8 Å². The molecule has 1 fully saturated rings. The molecule has 0 unspecified atom stereocenters. The second kappa shape index (κ2) is 9.13. The zero-order valence-corrected chi connectivity index (χ0v) is 17.2. The molecule has 3 rings (SSSR count). The van der Waals surface area contributed by atoms with Crippen molar-refractivity contribution in [3.63, 3.8) is 0 Å². The zero-order chi connectivity index (χ0) is 19.2. The van der Waals surface area contributed by atoms with E-state index in [0.29, 0.717) is 0 Å². The first-order valence-electron chi connectivity index (χ1n) is 9.54. The van der Waals surface area contributed by atoms with Crippen molar-refractivity contribution in [3.8, 4) is 0 Å². The van der Waals surface area contributed by atoms with Crippen molar-refractivity contribution < 1.29 is 0 Å². The first-order valence-corrected chi connectivity index (χ1v) is 9.92. The summed E-state index contributed by atoms with van der Waals surface area (Å²) < 4.78 is 2.07. The molecule has 7 heteroatoms. The SMILES string of the molecule is CN=C(NCCCn1nc(C)cc1C)N1CCN(c2ccccc2Cl)CC1. The van der Waals surface area contributed by atoms with Gasteiger partial charge in [0.1, 0.15) is 0 Å². The number of guanidine groups is 1. The Morgan fingerprint density at radius 1 is 1.19 bits per heavy atom. The molecule has 0 spiro atoms. The number of aryl methyl sites for hydroxylation is 3. The van der Waals surface area contributed by atoms with E-state index in [1.807, 2.05) is 32.2 Å². The van der Waals surface area contributed by atoms with Crippen LogP contribution in [0.15, 0.2) is 35.3 Å². The van der Waals surface area contributed by atoms with Crippen molar-refractivity contribution in [3.05, 3.63) is 46.7 Å². The van der Waals surface area contributed by atoms with E-state index in [-0.39, 0.29) is 0 Å². The molecule has 27 heavy (non-hydrogen) atoms. The molecule has 0 radical (unpaired) electrons. The highest BCUT2D eigenvalue weighted by atomic mass is 35.5. The fourth-order valence-electron chi connectivity index (χ4n) is 3.53. The minimum Gasteiger partial charge on any atom is -0.367 e. The molecule has 1 N–H and O–H groups in total. The largest absolute Gasteiger partial charge is 0.367 e. The lowest BCUT2D eigenvalue weighted by molar-refractivity contribution is 0.371. The van der Waals surface area contributed by atoms with Gasteiger partial charge in [-0.2, -0.15) is 5.10 Å². The smallest absolute Gasteiger partial charge is 0.193 e. The van der Waals surface area contributed by atoms with E-state index in [4.69, 9.17) is 11.6 Å². The highest BCUT2D eigenvalue weighted by Gasteiger charge is 2.20. The van der Waals surface area contributed by atoms with Crippen LogP contribution >= 0.6 is 11.6 Å². The predicted molar refractivity (Wildman–Crippen MR) is 113 cm³/mol. The van der Waals surface area contributed by atoms with E-state index >= 15 is 0 Å². The Morgan fingerprint density at radius 3 is 2.56 bits per heavy atom. The summed E-state index contributed by atoms with van der Waals surface area (Å²) in [7, 11) is 1.85. The lowest BCUT2D eigenvalue weighted by Crippen LogP contribution is -2.52. The van der Waals surface area contributed by atoms with Crippen LogP contribution in [0.3, 0.4) is 0 Å². The average molecular weight is 389 g/mol. The van der Waals surface area contributed by atoms with Gasteiger partial charge in [-0.25, -0.2) is 0 Å². The molecule has 1 aliphatic heterocycles. The highest BCUT2D eigenvalue weighted by Crippen LogP contribution is 2.25. The number of hydrogen-bond acceptors (Lipinski definition) is 3. The van der Waals surface area contributed by atoms with Crippen LogP contribution in [-0.2, 0) is 6.54 Å². The summed E-state index contributed by atoms with van der Waals surface area (Å²) in [4.78, 5) is 9.12. The molecule has 2 heterocycles. The van der Waals surface area contributed by atoms with Gasteiger partial charge in [-0.05, 0) is 38.5 Å². The van der Waals surface area contributed by atoms with Gasteiger partial charge in [-0.3, -0.25) is 9.67 Å². The molecular formula is C20H29ClN6. The van der Waals surface area contributed by atoms with Crippen molar-refractivity contribution >= 4 is 23.2 Å². The van der Waals surface area contributed by atoms with Crippen LogP contribution in [0.5, 0.6) is 0 Å². The van der Waals surface area contributed by atoms with E-state index in [9.17, 15) is 0 Å². The van der Waals surface area contributed by atoms with Gasteiger partial charge in [0, 0.05) is 52.0 Å². The molecular weight excluding hydrogens is 360 g/mol. The van der Waals surface area contributed by atoms with Crippen LogP contribution in [0, 0.1) is 13.8 Å². The summed E-state index contributed by atoms with van der Waals surface area (Å²) in [5.74, 6) is 0.974. The number of para-hydroxylation sites is 1. The Balaban J connectivity index is 1.45. The standard InChI is InChI=1S/C20H29ClN6/c1-16-15-17(2)27(24-16)10-6-9-23-20(22-3)26-13-11-25(12-14-26)19-8-5-4-7-18(19)21/h4-5,7-8,15H,6,9-14H2,1-3H3,(H,22,23). The number of piperazine rings is 1. The molecule has 0 atom stereocenters. The summed E-state index contributed by atoms with van der Waals surface area (Å²) in [6.45, 7) is 9.69. The molecule has 0 bridgehead atoms. The number of rotatable bonds is 5. The maximum absolute atomic E-state index is 6.33. The lowest BCUT2D eigenvalue weighted by Gasteiger charge is -2.38. The second-order valence-electron chi connectivity index (χ2n) is 6.90. The van der Waals surface area contributed by atoms with Gasteiger partial charge < -0.3 is 15.1 Å². The Labute approximate surface area is 166 Å². The number of halogens is 1. The molecule has 6 nitrogen and oxygen atoms in total. The van der Waals surface area contributed by atoms with Crippen LogP contribution in [0.1, 0.15) is 17.8 Å². The first-order chi connectivity index (χ1) is 13.1. The lowest BCUT2D eigenvalue weighted by atomic mass is 10.2. The molecule has 1 aromatic carbocycles. The first kappa shape index (κ1) is 19.5. The summed E-state index contributed by atoms with van der Waals surface area (Å²) >= 11 is 6.33. The molecule has 0 saturated carbocycles. The van der Waals surface area contributed by atoms with Gasteiger partial charge in [-0.1, -0.05) is 23.7 Å². The number of nitrogens with zero attached hydrogens (tertiary/aromatic N) is 5. The predicted octanol–water partition coefficient (Wildman–Crippen LogP) is 2.94. The zero-order valence-electron chi connectivity index (χ0n) is 16.5. The number of aliphatic imine (C=N–C) groups is 1. The van der Waals surface area contributed by atoms with E-state index in [1.165, 1.54) is 5.69 Å². The Morgan fingerprint density at radius 2 is 1.93 bits per heavy atom.